The molecule has 0 atom stereocenters. The Balaban J connectivity index is 2.18. The van der Waals surface area contributed by atoms with E-state index in [-0.39, 0.29) is 13.2 Å². The molecule has 0 aliphatic heterocycles. The molecule has 2 amide bonds. The number of urea groups is 1. The monoisotopic (exact) mass is 333 g/mol. The Hall–Kier alpha value is -1.80. The number of hydrogen-bond acceptors (Lipinski definition) is 3. The van der Waals surface area contributed by atoms with Crippen molar-refractivity contribution in [3.05, 3.63) is 35.4 Å². The number of carbonyl (C=O) groups is 1. The Kier molecular flexibility index (Phi) is 7.84. The van der Waals surface area contributed by atoms with Gasteiger partial charge in [-0.05, 0) is 25.2 Å². The number of rotatable bonds is 8. The van der Waals surface area contributed by atoms with Gasteiger partial charge in [-0.1, -0.05) is 24.3 Å². The smallest absolute Gasteiger partial charge is 0.370 e. The molecule has 0 radical (unpaired) electrons. The molecule has 0 saturated carbocycles. The topological polar surface area (TPSA) is 53.6 Å². The van der Waals surface area contributed by atoms with Gasteiger partial charge in [0.15, 0.2) is 0 Å². The fourth-order valence-corrected chi connectivity index (χ4v) is 1.80. The van der Waals surface area contributed by atoms with E-state index in [1.54, 1.807) is 0 Å². The van der Waals surface area contributed by atoms with E-state index in [2.05, 4.69) is 20.3 Å². The molecule has 1 aromatic carbocycles. The van der Waals surface area contributed by atoms with Crippen LogP contribution in [0.5, 0.6) is 0 Å². The fraction of sp³-hybridized carbons (Fsp3) is 0.533. The third-order valence-electron chi connectivity index (χ3n) is 2.77. The van der Waals surface area contributed by atoms with Gasteiger partial charge in [-0.3, -0.25) is 0 Å². The predicted octanol–water partition coefficient (Wildman–Crippen LogP) is 2.13. The molecule has 0 aromatic heterocycles. The van der Waals surface area contributed by atoms with E-state index in [9.17, 15) is 18.0 Å². The Morgan fingerprint density at radius 1 is 1.13 bits per heavy atom. The van der Waals surface area contributed by atoms with Gasteiger partial charge in [0.2, 0.25) is 0 Å². The third-order valence-corrected chi connectivity index (χ3v) is 2.77. The van der Waals surface area contributed by atoms with Crippen LogP contribution >= 0.6 is 0 Å². The summed E-state index contributed by atoms with van der Waals surface area (Å²) >= 11 is 0. The van der Waals surface area contributed by atoms with Gasteiger partial charge in [0.1, 0.15) is 6.61 Å². The lowest BCUT2D eigenvalue weighted by Crippen LogP contribution is -2.37. The highest BCUT2D eigenvalue weighted by Gasteiger charge is 2.27. The van der Waals surface area contributed by atoms with Crippen LogP contribution in [0.2, 0.25) is 0 Å². The highest BCUT2D eigenvalue weighted by atomic mass is 19.4. The predicted molar refractivity (Wildman–Crippen MR) is 80.9 cm³/mol. The molecule has 5 nitrogen and oxygen atoms in total. The van der Waals surface area contributed by atoms with E-state index in [0.29, 0.717) is 6.54 Å². The summed E-state index contributed by atoms with van der Waals surface area (Å²) in [6.45, 7) is -0.297. The van der Waals surface area contributed by atoms with Crippen molar-refractivity contribution in [3.8, 4) is 0 Å². The zero-order valence-corrected chi connectivity index (χ0v) is 13.2. The van der Waals surface area contributed by atoms with Crippen LogP contribution in [0.3, 0.4) is 0 Å². The van der Waals surface area contributed by atoms with Gasteiger partial charge in [0, 0.05) is 19.6 Å². The van der Waals surface area contributed by atoms with Crippen LogP contribution in [0.4, 0.5) is 18.0 Å². The minimum atomic E-state index is -4.35. The zero-order valence-electron chi connectivity index (χ0n) is 13.2. The van der Waals surface area contributed by atoms with E-state index < -0.39 is 18.8 Å². The molecule has 0 fully saturated rings. The normalized spacial score (nSPS) is 11.6. The fourth-order valence-electron chi connectivity index (χ4n) is 1.80. The number of carbonyl (C=O) groups excluding carboxylic acids is 1. The maximum atomic E-state index is 11.8. The van der Waals surface area contributed by atoms with E-state index in [0.717, 1.165) is 12.1 Å². The van der Waals surface area contributed by atoms with Crippen molar-refractivity contribution in [2.45, 2.75) is 19.3 Å². The first kappa shape index (κ1) is 19.2. The van der Waals surface area contributed by atoms with Gasteiger partial charge >= 0.3 is 12.2 Å². The second-order valence-corrected chi connectivity index (χ2v) is 5.33. The first-order chi connectivity index (χ1) is 10.8. The summed E-state index contributed by atoms with van der Waals surface area (Å²) < 4.78 is 39.8. The summed E-state index contributed by atoms with van der Waals surface area (Å²) in [5.74, 6) is 0. The first-order valence-corrected chi connectivity index (χ1v) is 7.15. The van der Waals surface area contributed by atoms with Crippen LogP contribution in [-0.2, 0) is 17.8 Å². The molecule has 1 rings (SSSR count). The quantitative estimate of drug-likeness (QED) is 0.717. The molecule has 0 unspecified atom stereocenters. The van der Waals surface area contributed by atoms with Crippen LogP contribution in [0.25, 0.3) is 0 Å². The zero-order chi connectivity index (χ0) is 17.3. The van der Waals surface area contributed by atoms with Crippen molar-refractivity contribution in [1.29, 1.82) is 0 Å². The highest BCUT2D eigenvalue weighted by Crippen LogP contribution is 2.13. The largest absolute Gasteiger partial charge is 0.411 e. The number of nitrogens with one attached hydrogen (secondary N) is 2. The lowest BCUT2D eigenvalue weighted by atomic mass is 10.1. The molecule has 0 aliphatic carbocycles. The number of hydrogen-bond donors (Lipinski definition) is 2. The molecule has 8 heteroatoms. The van der Waals surface area contributed by atoms with Gasteiger partial charge in [-0.25, -0.2) is 4.79 Å². The van der Waals surface area contributed by atoms with Crippen molar-refractivity contribution < 1.29 is 22.7 Å². The van der Waals surface area contributed by atoms with Gasteiger partial charge in [0.25, 0.3) is 0 Å². The Bertz CT molecular complexity index is 476. The SMILES string of the molecule is CN(C)Cc1ccc(CNC(=O)NCCOCC(F)(F)F)cc1. The molecule has 1 aromatic rings. The second-order valence-electron chi connectivity index (χ2n) is 5.33. The molecule has 0 heterocycles. The third kappa shape index (κ3) is 9.75. The summed E-state index contributed by atoms with van der Waals surface area (Å²) in [4.78, 5) is 13.5. The molecule has 0 bridgehead atoms. The molecule has 130 valence electrons. The number of ether oxygens (including phenoxy) is 1. The maximum Gasteiger partial charge on any atom is 0.411 e. The maximum absolute atomic E-state index is 11.8. The summed E-state index contributed by atoms with van der Waals surface area (Å²) in [6.07, 6.45) is -4.35. The molecule has 2 N–H and O–H groups in total. The summed E-state index contributed by atoms with van der Waals surface area (Å²) in [5, 5.41) is 5.06. The summed E-state index contributed by atoms with van der Waals surface area (Å²) in [6, 6.07) is 7.37. The number of amides is 2. The van der Waals surface area contributed by atoms with E-state index in [1.165, 1.54) is 5.56 Å². The lowest BCUT2D eigenvalue weighted by Gasteiger charge is -2.11. The van der Waals surface area contributed by atoms with Gasteiger partial charge in [-0.2, -0.15) is 13.2 Å². The van der Waals surface area contributed by atoms with Crippen LogP contribution in [-0.4, -0.2) is 51.0 Å². The molecule has 0 saturated heterocycles. The van der Waals surface area contributed by atoms with Gasteiger partial charge < -0.3 is 20.3 Å². The van der Waals surface area contributed by atoms with Crippen LogP contribution in [0.15, 0.2) is 24.3 Å². The van der Waals surface area contributed by atoms with Gasteiger partial charge in [0.05, 0.1) is 6.61 Å². The molecule has 0 spiro atoms. The lowest BCUT2D eigenvalue weighted by molar-refractivity contribution is -0.173. The van der Waals surface area contributed by atoms with E-state index in [4.69, 9.17) is 0 Å². The van der Waals surface area contributed by atoms with Crippen molar-refractivity contribution in [2.24, 2.45) is 0 Å². The average molecular weight is 333 g/mol. The van der Waals surface area contributed by atoms with E-state index >= 15 is 0 Å². The number of halogens is 3. The molecular formula is C15H22F3N3O2. The average Bonchev–Trinajstić information content (AvgIpc) is 2.44. The van der Waals surface area contributed by atoms with Crippen molar-refractivity contribution in [2.75, 3.05) is 33.9 Å². The standard InChI is InChI=1S/C15H22F3N3O2/c1-21(2)10-13-5-3-12(4-6-13)9-20-14(22)19-7-8-23-11-15(16,17)18/h3-6H,7-11H2,1-2H3,(H2,19,20,22). The van der Waals surface area contributed by atoms with Gasteiger partial charge in [-0.15, -0.1) is 0 Å². The molecule has 0 aliphatic rings. The number of nitrogens with zero attached hydrogens (tertiary/aromatic N) is 1. The second kappa shape index (κ2) is 9.36. The Labute approximate surface area is 133 Å². The number of benzene rings is 1. The minimum absolute atomic E-state index is 0.0175. The summed E-state index contributed by atoms with van der Waals surface area (Å²) in [5.41, 5.74) is 2.11. The summed E-state index contributed by atoms with van der Waals surface area (Å²) in [7, 11) is 3.97. The molecule has 23 heavy (non-hydrogen) atoms. The van der Waals surface area contributed by atoms with Crippen LogP contribution < -0.4 is 10.6 Å². The Morgan fingerprint density at radius 3 is 2.30 bits per heavy atom. The van der Waals surface area contributed by atoms with E-state index in [1.807, 2.05) is 38.4 Å². The van der Waals surface area contributed by atoms with Crippen LogP contribution in [0, 0.1) is 0 Å². The first-order valence-electron chi connectivity index (χ1n) is 7.15. The number of alkyl halides is 3. The van der Waals surface area contributed by atoms with Crippen molar-refractivity contribution in [3.63, 3.8) is 0 Å². The minimum Gasteiger partial charge on any atom is -0.370 e. The van der Waals surface area contributed by atoms with Crippen molar-refractivity contribution >= 4 is 6.03 Å². The van der Waals surface area contributed by atoms with Crippen LogP contribution in [0.1, 0.15) is 11.1 Å². The molecular weight excluding hydrogens is 311 g/mol. The Morgan fingerprint density at radius 2 is 1.74 bits per heavy atom. The van der Waals surface area contributed by atoms with Crippen molar-refractivity contribution in [1.82, 2.24) is 15.5 Å². The highest BCUT2D eigenvalue weighted by molar-refractivity contribution is 5.73.